The fraction of sp³-hybridized carbons (Fsp3) is 0.467. The number of nitrogens with one attached hydrogen (secondary N) is 1. The zero-order valence-electron chi connectivity index (χ0n) is 11.2. The first-order valence-corrected chi connectivity index (χ1v) is 7.55. The van der Waals surface area contributed by atoms with Crippen LogP contribution < -0.4 is 10.1 Å². The van der Waals surface area contributed by atoms with E-state index in [1.807, 2.05) is 0 Å². The van der Waals surface area contributed by atoms with Crippen LogP contribution in [0.1, 0.15) is 19.3 Å². The predicted octanol–water partition coefficient (Wildman–Crippen LogP) is 3.43. The molecule has 2 atom stereocenters. The van der Waals surface area contributed by atoms with E-state index in [1.54, 1.807) is 18.2 Å². The molecule has 1 aliphatic rings. The van der Waals surface area contributed by atoms with Crippen molar-refractivity contribution in [2.24, 2.45) is 0 Å². The van der Waals surface area contributed by atoms with E-state index in [1.165, 1.54) is 0 Å². The summed E-state index contributed by atoms with van der Waals surface area (Å²) in [7, 11) is 0. The Morgan fingerprint density at radius 2 is 2.15 bits per heavy atom. The van der Waals surface area contributed by atoms with Gasteiger partial charge >= 0.3 is 0 Å². The van der Waals surface area contributed by atoms with Crippen LogP contribution in [0.25, 0.3) is 0 Å². The first kappa shape index (κ1) is 15.6. The predicted molar refractivity (Wildman–Crippen MR) is 82.7 cm³/mol. The largest absolute Gasteiger partial charge is 0.491 e. The van der Waals surface area contributed by atoms with Crippen LogP contribution in [0.2, 0.25) is 10.0 Å². The van der Waals surface area contributed by atoms with E-state index in [2.05, 4.69) is 17.5 Å². The highest BCUT2D eigenvalue weighted by molar-refractivity contribution is 6.42. The molecule has 0 fully saturated rings. The zero-order valence-corrected chi connectivity index (χ0v) is 12.7. The van der Waals surface area contributed by atoms with Crippen molar-refractivity contribution in [2.75, 3.05) is 13.2 Å². The van der Waals surface area contributed by atoms with Crippen molar-refractivity contribution in [2.45, 2.75) is 31.4 Å². The van der Waals surface area contributed by atoms with Crippen LogP contribution in [0.3, 0.4) is 0 Å². The maximum atomic E-state index is 9.90. The summed E-state index contributed by atoms with van der Waals surface area (Å²) < 4.78 is 5.50. The lowest BCUT2D eigenvalue weighted by molar-refractivity contribution is 0.103. The van der Waals surface area contributed by atoms with Gasteiger partial charge in [-0.15, -0.1) is 0 Å². The lowest BCUT2D eigenvalue weighted by Gasteiger charge is -2.21. The molecule has 1 aromatic rings. The number of allylic oxidation sites excluding steroid dienone is 1. The van der Waals surface area contributed by atoms with E-state index in [-0.39, 0.29) is 6.61 Å². The summed E-state index contributed by atoms with van der Waals surface area (Å²) in [6.07, 6.45) is 7.09. The number of rotatable bonds is 6. The molecule has 1 aliphatic carbocycles. The summed E-state index contributed by atoms with van der Waals surface area (Å²) >= 11 is 11.7. The Morgan fingerprint density at radius 3 is 2.85 bits per heavy atom. The van der Waals surface area contributed by atoms with Gasteiger partial charge in [0, 0.05) is 18.7 Å². The Balaban J connectivity index is 1.70. The number of halogens is 2. The molecule has 0 bridgehead atoms. The minimum absolute atomic E-state index is 0.230. The molecule has 0 spiro atoms. The molecular formula is C15H19Cl2NO2. The van der Waals surface area contributed by atoms with Crippen molar-refractivity contribution in [3.05, 3.63) is 40.4 Å². The van der Waals surface area contributed by atoms with Gasteiger partial charge in [-0.25, -0.2) is 0 Å². The molecule has 0 aliphatic heterocycles. The average Bonchev–Trinajstić information content (AvgIpc) is 2.47. The summed E-state index contributed by atoms with van der Waals surface area (Å²) in [5.41, 5.74) is 0. The van der Waals surface area contributed by atoms with E-state index >= 15 is 0 Å². The van der Waals surface area contributed by atoms with Crippen molar-refractivity contribution in [1.29, 1.82) is 0 Å². The average molecular weight is 316 g/mol. The monoisotopic (exact) mass is 315 g/mol. The number of benzene rings is 1. The third-order valence-corrected chi connectivity index (χ3v) is 3.98. The second kappa shape index (κ2) is 7.89. The van der Waals surface area contributed by atoms with Crippen LogP contribution in [-0.2, 0) is 0 Å². The Kier molecular flexibility index (Phi) is 6.17. The Hall–Kier alpha value is -0.740. The maximum absolute atomic E-state index is 9.90. The van der Waals surface area contributed by atoms with Gasteiger partial charge in [-0.05, 0) is 31.4 Å². The third-order valence-electron chi connectivity index (χ3n) is 3.24. The van der Waals surface area contributed by atoms with Crippen molar-refractivity contribution in [1.82, 2.24) is 5.32 Å². The lowest BCUT2D eigenvalue weighted by Crippen LogP contribution is -2.38. The standard InChI is InChI=1S/C15H19Cl2NO2/c16-14-7-6-13(8-15(14)17)20-10-12(19)9-18-11-4-2-1-3-5-11/h1-2,6-8,11-12,18-19H,3-5,9-10H2. The van der Waals surface area contributed by atoms with Gasteiger partial charge in [0.25, 0.3) is 0 Å². The molecule has 3 nitrogen and oxygen atoms in total. The van der Waals surface area contributed by atoms with Gasteiger partial charge in [0.15, 0.2) is 0 Å². The highest BCUT2D eigenvalue weighted by Gasteiger charge is 2.12. The molecule has 110 valence electrons. The van der Waals surface area contributed by atoms with Gasteiger partial charge in [-0.3, -0.25) is 0 Å². The quantitative estimate of drug-likeness (QED) is 0.790. The molecular weight excluding hydrogens is 297 g/mol. The molecule has 5 heteroatoms. The molecule has 0 saturated carbocycles. The molecule has 0 amide bonds. The molecule has 2 rings (SSSR count). The van der Waals surface area contributed by atoms with Crippen LogP contribution in [0.15, 0.2) is 30.4 Å². The lowest BCUT2D eigenvalue weighted by atomic mass is 10.0. The number of aliphatic hydroxyl groups is 1. The van der Waals surface area contributed by atoms with E-state index in [9.17, 15) is 5.11 Å². The van der Waals surface area contributed by atoms with Crippen LogP contribution in [0, 0.1) is 0 Å². The minimum Gasteiger partial charge on any atom is -0.491 e. The summed E-state index contributed by atoms with van der Waals surface area (Å²) in [6, 6.07) is 5.52. The summed E-state index contributed by atoms with van der Waals surface area (Å²) in [5, 5.41) is 14.2. The first-order chi connectivity index (χ1) is 9.65. The van der Waals surface area contributed by atoms with Crippen molar-refractivity contribution < 1.29 is 9.84 Å². The smallest absolute Gasteiger partial charge is 0.121 e. The molecule has 0 aromatic heterocycles. The Morgan fingerprint density at radius 1 is 1.30 bits per heavy atom. The maximum Gasteiger partial charge on any atom is 0.121 e. The molecule has 0 heterocycles. The van der Waals surface area contributed by atoms with Crippen LogP contribution >= 0.6 is 23.2 Å². The number of hydrogen-bond acceptors (Lipinski definition) is 3. The SMILES string of the molecule is OC(CNC1CC=CCC1)COc1ccc(Cl)c(Cl)c1. The van der Waals surface area contributed by atoms with Gasteiger partial charge in [0.1, 0.15) is 18.5 Å². The van der Waals surface area contributed by atoms with E-state index in [0.717, 1.165) is 19.3 Å². The highest BCUT2D eigenvalue weighted by atomic mass is 35.5. The summed E-state index contributed by atoms with van der Waals surface area (Å²) in [6.45, 7) is 0.757. The highest BCUT2D eigenvalue weighted by Crippen LogP contribution is 2.26. The second-order valence-electron chi connectivity index (χ2n) is 4.93. The molecule has 1 aromatic carbocycles. The van der Waals surface area contributed by atoms with Crippen molar-refractivity contribution >= 4 is 23.2 Å². The van der Waals surface area contributed by atoms with Crippen molar-refractivity contribution in [3.63, 3.8) is 0 Å². The summed E-state index contributed by atoms with van der Waals surface area (Å²) in [4.78, 5) is 0. The second-order valence-corrected chi connectivity index (χ2v) is 5.74. The fourth-order valence-electron chi connectivity index (χ4n) is 2.10. The Bertz CT molecular complexity index is 465. The van der Waals surface area contributed by atoms with Crippen LogP contribution in [0.4, 0.5) is 0 Å². The molecule has 2 N–H and O–H groups in total. The molecule has 2 unspecified atom stereocenters. The number of hydrogen-bond donors (Lipinski definition) is 2. The van der Waals surface area contributed by atoms with Gasteiger partial charge < -0.3 is 15.2 Å². The van der Waals surface area contributed by atoms with E-state index < -0.39 is 6.10 Å². The first-order valence-electron chi connectivity index (χ1n) is 6.79. The third kappa shape index (κ3) is 4.98. The summed E-state index contributed by atoms with van der Waals surface area (Å²) in [5.74, 6) is 0.610. The molecule has 0 saturated heterocycles. The van der Waals surface area contributed by atoms with E-state index in [0.29, 0.717) is 28.4 Å². The fourth-order valence-corrected chi connectivity index (χ4v) is 2.39. The number of ether oxygens (including phenoxy) is 1. The minimum atomic E-state index is -0.546. The van der Waals surface area contributed by atoms with Gasteiger partial charge in [0.2, 0.25) is 0 Å². The topological polar surface area (TPSA) is 41.5 Å². The van der Waals surface area contributed by atoms with E-state index in [4.69, 9.17) is 27.9 Å². The molecule has 20 heavy (non-hydrogen) atoms. The molecule has 0 radical (unpaired) electrons. The van der Waals surface area contributed by atoms with Crippen molar-refractivity contribution in [3.8, 4) is 5.75 Å². The van der Waals surface area contributed by atoms with Crippen LogP contribution in [-0.4, -0.2) is 30.4 Å². The Labute approximate surface area is 129 Å². The van der Waals surface area contributed by atoms with Crippen LogP contribution in [0.5, 0.6) is 5.75 Å². The number of aliphatic hydroxyl groups excluding tert-OH is 1. The van der Waals surface area contributed by atoms with Gasteiger partial charge in [-0.1, -0.05) is 35.4 Å². The zero-order chi connectivity index (χ0) is 14.4. The normalized spacial score (nSPS) is 19.9. The van der Waals surface area contributed by atoms with Gasteiger partial charge in [-0.2, -0.15) is 0 Å². The van der Waals surface area contributed by atoms with Gasteiger partial charge in [0.05, 0.1) is 10.0 Å².